The van der Waals surface area contributed by atoms with Gasteiger partial charge in [-0.05, 0) is 42.2 Å². The molecule has 3 heterocycles. The van der Waals surface area contributed by atoms with Crippen LogP contribution < -0.4 is 10.1 Å². The van der Waals surface area contributed by atoms with Crippen molar-refractivity contribution in [2.24, 2.45) is 7.05 Å². The summed E-state index contributed by atoms with van der Waals surface area (Å²) in [6.45, 7) is 0.380. The van der Waals surface area contributed by atoms with E-state index in [9.17, 15) is 8.42 Å². The predicted molar refractivity (Wildman–Crippen MR) is 128 cm³/mol. The van der Waals surface area contributed by atoms with E-state index >= 15 is 0 Å². The molecule has 2 bridgehead atoms. The summed E-state index contributed by atoms with van der Waals surface area (Å²) in [6, 6.07) is 22.9. The number of hydrogen-bond donors (Lipinski definition) is 1. The highest BCUT2D eigenvalue weighted by atomic mass is 32.2. The van der Waals surface area contributed by atoms with Gasteiger partial charge in [-0.2, -0.15) is 0 Å². The molecule has 6 heteroatoms. The van der Waals surface area contributed by atoms with Crippen LogP contribution in [0.1, 0.15) is 35.7 Å². The summed E-state index contributed by atoms with van der Waals surface area (Å²) in [5.41, 5.74) is 4.53. The Kier molecular flexibility index (Phi) is 4.82. The van der Waals surface area contributed by atoms with Crippen molar-refractivity contribution in [3.63, 3.8) is 0 Å². The zero-order chi connectivity index (χ0) is 22.6. The van der Waals surface area contributed by atoms with Gasteiger partial charge in [0.05, 0.1) is 15.3 Å². The van der Waals surface area contributed by atoms with Crippen LogP contribution in [0.5, 0.6) is 5.75 Å². The third kappa shape index (κ3) is 3.36. The average molecular weight is 459 g/mol. The van der Waals surface area contributed by atoms with Gasteiger partial charge in [0.25, 0.3) is 0 Å². The first-order valence-corrected chi connectivity index (χ1v) is 12.9. The first-order chi connectivity index (χ1) is 16.0. The van der Waals surface area contributed by atoms with Crippen LogP contribution in [0.15, 0.2) is 82.6 Å². The van der Waals surface area contributed by atoms with Gasteiger partial charge in [0.2, 0.25) is 9.84 Å². The molecule has 5 nitrogen and oxygen atoms in total. The lowest BCUT2D eigenvalue weighted by atomic mass is 9.99. The monoisotopic (exact) mass is 458 g/mol. The Morgan fingerprint density at radius 3 is 2.45 bits per heavy atom. The molecule has 1 aromatic heterocycles. The minimum atomic E-state index is -3.68. The number of aromatic nitrogens is 1. The Hall–Kier alpha value is -3.09. The van der Waals surface area contributed by atoms with E-state index in [0.29, 0.717) is 23.3 Å². The summed E-state index contributed by atoms with van der Waals surface area (Å²) >= 11 is 0. The fraction of sp³-hybridized carbons (Fsp3) is 0.259. The maximum absolute atomic E-state index is 13.6. The normalized spacial score (nSPS) is 19.5. The number of rotatable bonds is 5. The van der Waals surface area contributed by atoms with Gasteiger partial charge in [-0.1, -0.05) is 48.5 Å². The van der Waals surface area contributed by atoms with Crippen molar-refractivity contribution < 1.29 is 13.2 Å². The summed E-state index contributed by atoms with van der Waals surface area (Å²) in [7, 11) is -1.60. The average Bonchev–Trinajstić information content (AvgIpc) is 3.36. The topological polar surface area (TPSA) is 60.3 Å². The van der Waals surface area contributed by atoms with Crippen molar-refractivity contribution in [3.05, 3.63) is 89.6 Å². The summed E-state index contributed by atoms with van der Waals surface area (Å²) in [4.78, 5) is 0.569. The van der Waals surface area contributed by atoms with E-state index in [1.807, 2.05) is 42.5 Å². The minimum absolute atomic E-state index is 0.263. The van der Waals surface area contributed by atoms with Gasteiger partial charge in [0.15, 0.2) is 0 Å². The molecule has 6 rings (SSSR count). The van der Waals surface area contributed by atoms with Crippen LogP contribution in [0, 0.1) is 0 Å². The van der Waals surface area contributed by atoms with Crippen LogP contribution in [0.4, 0.5) is 0 Å². The van der Waals surface area contributed by atoms with Crippen molar-refractivity contribution in [1.29, 1.82) is 0 Å². The van der Waals surface area contributed by atoms with E-state index in [1.54, 1.807) is 30.3 Å². The van der Waals surface area contributed by atoms with Crippen LogP contribution in [-0.4, -0.2) is 19.0 Å². The Balaban J connectivity index is 1.55. The number of sulfone groups is 1. The van der Waals surface area contributed by atoms with Gasteiger partial charge in [-0.3, -0.25) is 0 Å². The molecule has 1 N–H and O–H groups in total. The van der Waals surface area contributed by atoms with E-state index in [0.717, 1.165) is 35.7 Å². The second kappa shape index (κ2) is 7.75. The van der Waals surface area contributed by atoms with E-state index in [4.69, 9.17) is 4.74 Å². The molecule has 168 valence electrons. The molecule has 0 aliphatic carbocycles. The van der Waals surface area contributed by atoms with Crippen molar-refractivity contribution in [2.45, 2.75) is 47.7 Å². The van der Waals surface area contributed by atoms with Crippen LogP contribution >= 0.6 is 0 Å². The molecule has 33 heavy (non-hydrogen) atoms. The standard InChI is InChI=1S/C27H26N2O3S/c1-29-24-14-19-12-13-23(28-19)26(24)22-15-21(33(30,31)20-10-6-3-7-11-20)16-25(27(22)29)32-17-18-8-4-2-5-9-18/h2-11,15-16,19,23,28H,12-14,17H2,1H3. The maximum Gasteiger partial charge on any atom is 0.206 e. The van der Waals surface area contributed by atoms with Crippen LogP contribution in [-0.2, 0) is 29.9 Å². The van der Waals surface area contributed by atoms with Crippen molar-refractivity contribution in [3.8, 4) is 5.75 Å². The van der Waals surface area contributed by atoms with Crippen LogP contribution in [0.3, 0.4) is 0 Å². The fourth-order valence-electron chi connectivity index (χ4n) is 5.42. The second-order valence-corrected chi connectivity index (χ2v) is 11.0. The molecule has 4 aromatic rings. The first-order valence-electron chi connectivity index (χ1n) is 11.4. The predicted octanol–water partition coefficient (Wildman–Crippen LogP) is 4.94. The number of nitrogens with one attached hydrogen (secondary N) is 1. The highest BCUT2D eigenvalue weighted by Gasteiger charge is 2.37. The Bertz CT molecular complexity index is 1440. The van der Waals surface area contributed by atoms with Gasteiger partial charge < -0.3 is 14.6 Å². The molecule has 1 saturated heterocycles. The zero-order valence-electron chi connectivity index (χ0n) is 18.5. The SMILES string of the molecule is Cn1c2c(c3cc(S(=O)(=O)c4ccccc4)cc(OCc4ccccc4)c31)C1CCC(C2)N1. The van der Waals surface area contributed by atoms with Crippen molar-refractivity contribution in [1.82, 2.24) is 9.88 Å². The number of aryl methyl sites for hydroxylation is 1. The fourth-order valence-corrected chi connectivity index (χ4v) is 6.74. The molecule has 2 unspecified atom stereocenters. The molecule has 0 spiro atoms. The summed E-state index contributed by atoms with van der Waals surface area (Å²) < 4.78 is 35.6. The van der Waals surface area contributed by atoms with Crippen LogP contribution in [0.25, 0.3) is 10.9 Å². The van der Waals surface area contributed by atoms with Crippen molar-refractivity contribution in [2.75, 3.05) is 0 Å². The van der Waals surface area contributed by atoms with Gasteiger partial charge >= 0.3 is 0 Å². The molecule has 0 radical (unpaired) electrons. The third-order valence-electron chi connectivity index (χ3n) is 7.02. The van der Waals surface area contributed by atoms with E-state index in [2.05, 4.69) is 16.9 Å². The molecule has 2 atom stereocenters. The first kappa shape index (κ1) is 20.5. The van der Waals surface area contributed by atoms with Gasteiger partial charge in [-0.25, -0.2) is 8.42 Å². The number of ether oxygens (including phenoxy) is 1. The Morgan fingerprint density at radius 1 is 0.970 bits per heavy atom. The number of fused-ring (bicyclic) bond motifs is 6. The van der Waals surface area contributed by atoms with Gasteiger partial charge in [-0.15, -0.1) is 0 Å². The molecule has 0 amide bonds. The van der Waals surface area contributed by atoms with E-state index in [-0.39, 0.29) is 10.9 Å². The number of benzene rings is 3. The lowest BCUT2D eigenvalue weighted by Crippen LogP contribution is -2.32. The minimum Gasteiger partial charge on any atom is -0.487 e. The highest BCUT2D eigenvalue weighted by molar-refractivity contribution is 7.91. The molecular formula is C27H26N2O3S. The lowest BCUT2D eigenvalue weighted by molar-refractivity contribution is 0.308. The second-order valence-electron chi connectivity index (χ2n) is 9.03. The van der Waals surface area contributed by atoms with Gasteiger partial charge in [0.1, 0.15) is 12.4 Å². The van der Waals surface area contributed by atoms with E-state index < -0.39 is 9.84 Å². The zero-order valence-corrected chi connectivity index (χ0v) is 19.3. The van der Waals surface area contributed by atoms with Gasteiger partial charge in [0, 0.05) is 42.7 Å². The van der Waals surface area contributed by atoms with Crippen molar-refractivity contribution >= 4 is 20.7 Å². The summed E-state index contributed by atoms with van der Waals surface area (Å²) in [5.74, 6) is 0.610. The van der Waals surface area contributed by atoms with Crippen LogP contribution in [0.2, 0.25) is 0 Å². The van der Waals surface area contributed by atoms with E-state index in [1.165, 1.54) is 11.3 Å². The summed E-state index contributed by atoms with van der Waals surface area (Å²) in [5, 5.41) is 4.69. The maximum atomic E-state index is 13.6. The number of nitrogens with zero attached hydrogens (tertiary/aromatic N) is 1. The Labute approximate surface area is 193 Å². The molecular weight excluding hydrogens is 432 g/mol. The highest BCUT2D eigenvalue weighted by Crippen LogP contribution is 2.45. The largest absolute Gasteiger partial charge is 0.487 e. The summed E-state index contributed by atoms with van der Waals surface area (Å²) in [6.07, 6.45) is 3.18. The third-order valence-corrected chi connectivity index (χ3v) is 8.77. The molecule has 2 aliphatic rings. The molecule has 2 aliphatic heterocycles. The number of hydrogen-bond acceptors (Lipinski definition) is 4. The molecule has 1 fully saturated rings. The quantitative estimate of drug-likeness (QED) is 0.460. The smallest absolute Gasteiger partial charge is 0.206 e. The Morgan fingerprint density at radius 2 is 1.70 bits per heavy atom. The lowest BCUT2D eigenvalue weighted by Gasteiger charge is -2.23. The molecule has 3 aromatic carbocycles. The molecule has 0 saturated carbocycles.